The molecule has 0 radical (unpaired) electrons. The molecule has 3 N–H and O–H groups in total. The van der Waals surface area contributed by atoms with Crippen LogP contribution < -0.4 is 19.9 Å². The molecule has 2 rings (SSSR count). The van der Waals surface area contributed by atoms with E-state index in [0.717, 1.165) is 0 Å². The minimum Gasteiger partial charge on any atom is -0.480 e. The summed E-state index contributed by atoms with van der Waals surface area (Å²) in [5, 5.41) is 9.62. The quantitative estimate of drug-likeness (QED) is 0.195. The van der Waals surface area contributed by atoms with E-state index >= 15 is 0 Å². The minimum absolute atomic E-state index is 0.0319. The van der Waals surface area contributed by atoms with Gasteiger partial charge in [-0.2, -0.15) is 0 Å². The van der Waals surface area contributed by atoms with E-state index in [9.17, 15) is 24.3 Å². The lowest BCUT2D eigenvalue weighted by Gasteiger charge is -2.25. The summed E-state index contributed by atoms with van der Waals surface area (Å²) in [6, 6.07) is 10.9. The molecule has 12 heteroatoms. The molecule has 2 aromatic carbocycles. The number of hydrogen-bond acceptors (Lipinski definition) is 11. The molecule has 0 aliphatic carbocycles. The molecule has 0 heterocycles. The van der Waals surface area contributed by atoms with Crippen molar-refractivity contribution in [1.29, 1.82) is 0 Å². The Labute approximate surface area is 225 Å². The third kappa shape index (κ3) is 10.5. The number of para-hydroxylation sites is 1. The van der Waals surface area contributed by atoms with Crippen LogP contribution in [0.1, 0.15) is 51.5 Å². The second kappa shape index (κ2) is 15.8. The van der Waals surface area contributed by atoms with E-state index in [4.69, 9.17) is 34.2 Å². The number of carbonyl (C=O) groups excluding carboxylic acids is 3. The monoisotopic (exact) mass is 547 g/mol. The van der Waals surface area contributed by atoms with Crippen molar-refractivity contribution in [1.82, 2.24) is 0 Å². The van der Waals surface area contributed by atoms with Gasteiger partial charge in [0, 0.05) is 5.92 Å². The largest absolute Gasteiger partial charge is 0.514 e. The average molecular weight is 548 g/mol. The zero-order valence-electron chi connectivity index (χ0n) is 22.0. The Kier molecular flexibility index (Phi) is 12.5. The van der Waals surface area contributed by atoms with Crippen LogP contribution in [0.5, 0.6) is 17.2 Å². The van der Waals surface area contributed by atoms with Crippen molar-refractivity contribution in [2.45, 2.75) is 58.1 Å². The molecule has 12 nitrogen and oxygen atoms in total. The van der Waals surface area contributed by atoms with E-state index in [1.807, 2.05) is 0 Å². The Hall–Kier alpha value is -4.32. The molecule has 0 amide bonds. The summed E-state index contributed by atoms with van der Waals surface area (Å²) in [4.78, 5) is 48.2. The zero-order chi connectivity index (χ0) is 28.8. The maximum absolute atomic E-state index is 12.2. The van der Waals surface area contributed by atoms with Crippen LogP contribution in [0.25, 0.3) is 0 Å². The van der Waals surface area contributed by atoms with E-state index in [-0.39, 0.29) is 36.9 Å². The van der Waals surface area contributed by atoms with Gasteiger partial charge in [0.2, 0.25) is 0 Å². The maximum atomic E-state index is 12.2. The number of nitrogens with two attached hydrogens (primary N) is 1. The van der Waals surface area contributed by atoms with Gasteiger partial charge >= 0.3 is 24.4 Å². The van der Waals surface area contributed by atoms with E-state index in [0.29, 0.717) is 18.4 Å². The number of carboxylic acid groups (broad SMARTS) is 1. The van der Waals surface area contributed by atoms with Gasteiger partial charge in [0.15, 0.2) is 11.5 Å². The van der Waals surface area contributed by atoms with Gasteiger partial charge in [-0.1, -0.05) is 38.1 Å². The molecular formula is C27H33NO11. The summed E-state index contributed by atoms with van der Waals surface area (Å²) in [5.74, 6) is -2.34. The summed E-state index contributed by atoms with van der Waals surface area (Å²) in [5.41, 5.74) is 6.29. The third-order valence-corrected chi connectivity index (χ3v) is 5.18. The first-order chi connectivity index (χ1) is 18.6. The molecule has 2 unspecified atom stereocenters. The average Bonchev–Trinajstić information content (AvgIpc) is 2.90. The lowest BCUT2D eigenvalue weighted by molar-refractivity contribution is -0.139. The molecule has 0 aliphatic heterocycles. The molecule has 2 aromatic rings. The van der Waals surface area contributed by atoms with E-state index in [1.54, 1.807) is 51.1 Å². The van der Waals surface area contributed by atoms with E-state index in [2.05, 4.69) is 0 Å². The lowest BCUT2D eigenvalue weighted by Crippen LogP contribution is -2.38. The number of ether oxygens (including phenoxy) is 6. The number of aliphatic carboxylic acids is 1. The van der Waals surface area contributed by atoms with Gasteiger partial charge < -0.3 is 39.3 Å². The van der Waals surface area contributed by atoms with Gasteiger partial charge in [0.1, 0.15) is 17.9 Å². The summed E-state index contributed by atoms with van der Waals surface area (Å²) in [6.45, 7) is 5.36. The van der Waals surface area contributed by atoms with Gasteiger partial charge in [-0.3, -0.25) is 4.79 Å². The topological polar surface area (TPSA) is 170 Å². The molecule has 0 saturated carbocycles. The molecule has 0 bridgehead atoms. The Morgan fingerprint density at radius 1 is 0.821 bits per heavy atom. The van der Waals surface area contributed by atoms with Gasteiger partial charge in [-0.05, 0) is 56.0 Å². The summed E-state index contributed by atoms with van der Waals surface area (Å²) >= 11 is 0. The fourth-order valence-corrected chi connectivity index (χ4v) is 3.37. The van der Waals surface area contributed by atoms with Crippen molar-refractivity contribution in [2.75, 3.05) is 13.2 Å². The second-order valence-corrected chi connectivity index (χ2v) is 8.41. The van der Waals surface area contributed by atoms with Crippen LogP contribution in [0.2, 0.25) is 0 Å². The highest BCUT2D eigenvalue weighted by molar-refractivity contribution is 5.75. The Morgan fingerprint density at radius 3 is 1.97 bits per heavy atom. The first-order valence-electron chi connectivity index (χ1n) is 12.4. The smallest absolute Gasteiger partial charge is 0.480 e. The normalized spacial score (nSPS) is 12.8. The maximum Gasteiger partial charge on any atom is 0.514 e. The predicted octanol–water partition coefficient (Wildman–Crippen LogP) is 5.03. The minimum atomic E-state index is -1.43. The second-order valence-electron chi connectivity index (χ2n) is 8.41. The van der Waals surface area contributed by atoms with Crippen LogP contribution >= 0.6 is 0 Å². The zero-order valence-corrected chi connectivity index (χ0v) is 22.0. The van der Waals surface area contributed by atoms with Crippen LogP contribution in [-0.2, 0) is 19.0 Å². The number of hydrogen-bond donors (Lipinski definition) is 2. The Bertz CT molecular complexity index is 1110. The predicted molar refractivity (Wildman–Crippen MR) is 137 cm³/mol. The molecule has 0 spiro atoms. The molecule has 0 aromatic heterocycles. The van der Waals surface area contributed by atoms with Crippen LogP contribution in [0.3, 0.4) is 0 Å². The SMILES string of the molecule is CCCOC(=O)Oc1ccc(C(CC(C)OC(=O)Oc2ccccc2)[C@H](N)C(=O)O)cc1OC(=O)OCCC. The standard InChI is InChI=1S/C27H33NO11/c1-4-13-34-25(31)38-21-12-11-18(16-22(21)39-26(32)35-14-5-2)20(23(28)24(29)30)15-17(3)36-27(33)37-19-9-7-6-8-10-19/h6-12,16-17,20,23H,4-5,13-15,28H2,1-3H3,(H,29,30)/t17?,20?,23-/m0/s1. The lowest BCUT2D eigenvalue weighted by atomic mass is 9.87. The molecule has 3 atom stereocenters. The number of rotatable bonds is 13. The number of carbonyl (C=O) groups is 4. The third-order valence-electron chi connectivity index (χ3n) is 5.18. The summed E-state index contributed by atoms with van der Waals surface area (Å²) in [6.07, 6.45) is -2.80. The highest BCUT2D eigenvalue weighted by Gasteiger charge is 2.30. The van der Waals surface area contributed by atoms with Gasteiger partial charge in [0.25, 0.3) is 0 Å². The van der Waals surface area contributed by atoms with Crippen molar-refractivity contribution < 1.29 is 52.7 Å². The fraction of sp³-hybridized carbons (Fsp3) is 0.407. The Balaban J connectivity index is 2.28. The summed E-state index contributed by atoms with van der Waals surface area (Å²) in [7, 11) is 0. The van der Waals surface area contributed by atoms with Crippen molar-refractivity contribution in [3.63, 3.8) is 0 Å². The van der Waals surface area contributed by atoms with E-state index < -0.39 is 42.5 Å². The highest BCUT2D eigenvalue weighted by Crippen LogP contribution is 2.35. The first kappa shape index (κ1) is 30.9. The Morgan fingerprint density at radius 2 is 1.41 bits per heavy atom. The fourth-order valence-electron chi connectivity index (χ4n) is 3.37. The van der Waals surface area contributed by atoms with Gasteiger partial charge in [0.05, 0.1) is 13.2 Å². The first-order valence-corrected chi connectivity index (χ1v) is 12.4. The molecule has 0 saturated heterocycles. The molecule has 212 valence electrons. The molecule has 0 fully saturated rings. The van der Waals surface area contributed by atoms with Crippen molar-refractivity contribution in [3.8, 4) is 17.2 Å². The van der Waals surface area contributed by atoms with Gasteiger partial charge in [-0.15, -0.1) is 0 Å². The van der Waals surface area contributed by atoms with Crippen LogP contribution in [0, 0.1) is 0 Å². The van der Waals surface area contributed by atoms with Crippen LogP contribution in [0.4, 0.5) is 14.4 Å². The van der Waals surface area contributed by atoms with Crippen LogP contribution in [-0.4, -0.2) is 54.9 Å². The molecule has 0 aliphatic rings. The van der Waals surface area contributed by atoms with Crippen molar-refractivity contribution in [2.24, 2.45) is 5.73 Å². The van der Waals surface area contributed by atoms with E-state index in [1.165, 1.54) is 18.2 Å². The number of benzene rings is 2. The van der Waals surface area contributed by atoms with Gasteiger partial charge in [-0.25, -0.2) is 14.4 Å². The number of carboxylic acids is 1. The molecule has 39 heavy (non-hydrogen) atoms. The van der Waals surface area contributed by atoms with Crippen LogP contribution in [0.15, 0.2) is 48.5 Å². The van der Waals surface area contributed by atoms with Crippen molar-refractivity contribution in [3.05, 3.63) is 54.1 Å². The highest BCUT2D eigenvalue weighted by atomic mass is 16.7. The summed E-state index contributed by atoms with van der Waals surface area (Å²) < 4.78 is 30.6. The molecular weight excluding hydrogens is 514 g/mol. The van der Waals surface area contributed by atoms with Crippen molar-refractivity contribution >= 4 is 24.4 Å².